The van der Waals surface area contributed by atoms with Crippen molar-refractivity contribution in [3.63, 3.8) is 0 Å². The van der Waals surface area contributed by atoms with E-state index in [1.54, 1.807) is 0 Å². The highest BCUT2D eigenvalue weighted by molar-refractivity contribution is 6.32. The predicted octanol–water partition coefficient (Wildman–Crippen LogP) is 1.74. The van der Waals surface area contributed by atoms with Crippen molar-refractivity contribution >= 4 is 17.4 Å². The molecule has 0 aromatic heterocycles. The van der Waals surface area contributed by atoms with E-state index < -0.39 is 0 Å². The van der Waals surface area contributed by atoms with Gasteiger partial charge in [0.1, 0.15) is 5.84 Å². The van der Waals surface area contributed by atoms with Crippen LogP contribution in [0.2, 0.25) is 0 Å². The number of hydrogen-bond acceptors (Lipinski definition) is 2. The van der Waals surface area contributed by atoms with Crippen LogP contribution in [-0.2, 0) is 0 Å². The van der Waals surface area contributed by atoms with Crippen molar-refractivity contribution in [1.29, 1.82) is 0 Å². The van der Waals surface area contributed by atoms with Gasteiger partial charge >= 0.3 is 0 Å². The first-order chi connectivity index (χ1) is 5.25. The first kappa shape index (κ1) is 6.92. The molecular weight excluding hydrogens is 160 g/mol. The Morgan fingerprint density at radius 3 is 3.27 bits per heavy atom. The first-order valence-corrected chi connectivity index (χ1v) is 4.03. The molecule has 0 N–H and O–H groups in total. The summed E-state index contributed by atoms with van der Waals surface area (Å²) in [6.45, 7) is 3.05. The molecule has 58 valence electrons. The molecule has 2 heterocycles. The minimum absolute atomic E-state index is 0.397. The summed E-state index contributed by atoms with van der Waals surface area (Å²) in [6.07, 6.45) is 5.74. The molecule has 0 spiro atoms. The van der Waals surface area contributed by atoms with Crippen LogP contribution in [0.15, 0.2) is 28.4 Å². The Morgan fingerprint density at radius 2 is 2.45 bits per heavy atom. The Kier molecular flexibility index (Phi) is 1.50. The van der Waals surface area contributed by atoms with Crippen molar-refractivity contribution in [3.8, 4) is 0 Å². The van der Waals surface area contributed by atoms with Crippen molar-refractivity contribution in [1.82, 2.24) is 4.90 Å². The molecular formula is C8H9ClN2. The largest absolute Gasteiger partial charge is 0.330 e. The van der Waals surface area contributed by atoms with Gasteiger partial charge in [-0.25, -0.2) is 0 Å². The first-order valence-electron chi connectivity index (χ1n) is 3.65. The van der Waals surface area contributed by atoms with Crippen LogP contribution in [0, 0.1) is 0 Å². The third-order valence-corrected chi connectivity index (χ3v) is 2.00. The summed E-state index contributed by atoms with van der Waals surface area (Å²) >= 11 is 5.81. The average Bonchev–Trinajstić information content (AvgIpc) is 2.27. The van der Waals surface area contributed by atoms with Crippen LogP contribution in [0.5, 0.6) is 0 Å². The molecule has 0 radical (unpaired) electrons. The highest BCUT2D eigenvalue weighted by Gasteiger charge is 2.20. The van der Waals surface area contributed by atoms with Gasteiger partial charge in [0.05, 0.1) is 11.1 Å². The lowest BCUT2D eigenvalue weighted by Gasteiger charge is -2.16. The molecule has 2 aliphatic rings. The van der Waals surface area contributed by atoms with Gasteiger partial charge in [-0.05, 0) is 19.1 Å². The number of nitrogens with zero attached hydrogens (tertiary/aromatic N) is 2. The molecule has 11 heavy (non-hydrogen) atoms. The summed E-state index contributed by atoms with van der Waals surface area (Å²) in [5.74, 6) is 1.03. The minimum atomic E-state index is 0.397. The highest BCUT2D eigenvalue weighted by Crippen LogP contribution is 2.18. The predicted molar refractivity (Wildman–Crippen MR) is 46.7 cm³/mol. The fourth-order valence-electron chi connectivity index (χ4n) is 1.32. The number of allylic oxidation sites excluding steroid dienone is 2. The van der Waals surface area contributed by atoms with Crippen LogP contribution >= 0.6 is 11.6 Å². The van der Waals surface area contributed by atoms with Gasteiger partial charge in [0.2, 0.25) is 0 Å². The van der Waals surface area contributed by atoms with Crippen molar-refractivity contribution in [3.05, 3.63) is 23.4 Å². The summed E-state index contributed by atoms with van der Waals surface area (Å²) in [6, 6.07) is 0.397. The zero-order chi connectivity index (χ0) is 7.84. The maximum Gasteiger partial charge on any atom is 0.127 e. The molecule has 3 heteroatoms. The van der Waals surface area contributed by atoms with Gasteiger partial charge in [0.25, 0.3) is 0 Å². The SMILES string of the molecule is CC1CN2C=C(Cl)C=CC2=N1. The fourth-order valence-corrected chi connectivity index (χ4v) is 1.50. The molecule has 0 amide bonds. The van der Waals surface area contributed by atoms with Gasteiger partial charge in [-0.1, -0.05) is 11.6 Å². The van der Waals surface area contributed by atoms with Crippen LogP contribution in [0.25, 0.3) is 0 Å². The second-order valence-electron chi connectivity index (χ2n) is 2.84. The summed E-state index contributed by atoms with van der Waals surface area (Å²) in [7, 11) is 0. The lowest BCUT2D eigenvalue weighted by molar-refractivity contribution is 0.556. The minimum Gasteiger partial charge on any atom is -0.330 e. The van der Waals surface area contributed by atoms with Crippen LogP contribution in [0.3, 0.4) is 0 Å². The van der Waals surface area contributed by atoms with Crippen molar-refractivity contribution in [2.45, 2.75) is 13.0 Å². The average molecular weight is 169 g/mol. The van der Waals surface area contributed by atoms with Crippen molar-refractivity contribution < 1.29 is 0 Å². The number of rotatable bonds is 0. The zero-order valence-corrected chi connectivity index (χ0v) is 7.04. The fraction of sp³-hybridized carbons (Fsp3) is 0.375. The van der Waals surface area contributed by atoms with E-state index in [2.05, 4.69) is 16.8 Å². The van der Waals surface area contributed by atoms with Gasteiger partial charge in [-0.3, -0.25) is 4.99 Å². The second kappa shape index (κ2) is 2.38. The third-order valence-electron chi connectivity index (χ3n) is 1.78. The molecule has 0 saturated carbocycles. The number of halogens is 1. The van der Waals surface area contributed by atoms with Crippen molar-refractivity contribution in [2.24, 2.45) is 4.99 Å². The van der Waals surface area contributed by atoms with E-state index in [-0.39, 0.29) is 0 Å². The van der Waals surface area contributed by atoms with E-state index in [1.165, 1.54) is 0 Å². The van der Waals surface area contributed by atoms with E-state index in [9.17, 15) is 0 Å². The van der Waals surface area contributed by atoms with Crippen molar-refractivity contribution in [2.75, 3.05) is 6.54 Å². The molecule has 0 aromatic carbocycles. The number of hydrogen-bond donors (Lipinski definition) is 0. The molecule has 0 bridgehead atoms. The standard InChI is InChI=1S/C8H9ClN2/c1-6-4-11-5-7(9)2-3-8(11)10-6/h2-3,5-6H,4H2,1H3. The molecule has 0 fully saturated rings. The quantitative estimate of drug-likeness (QED) is 0.538. The molecule has 0 aliphatic carbocycles. The Hall–Kier alpha value is -0.760. The van der Waals surface area contributed by atoms with Crippen LogP contribution in [0.4, 0.5) is 0 Å². The van der Waals surface area contributed by atoms with Gasteiger partial charge < -0.3 is 4.90 Å². The van der Waals surface area contributed by atoms with Gasteiger partial charge in [0, 0.05) is 12.7 Å². The third kappa shape index (κ3) is 1.18. The van der Waals surface area contributed by atoms with E-state index in [0.29, 0.717) is 6.04 Å². The van der Waals surface area contributed by atoms with Gasteiger partial charge in [-0.2, -0.15) is 0 Å². The number of aliphatic imine (C=N–C) groups is 1. The van der Waals surface area contributed by atoms with E-state index in [0.717, 1.165) is 17.4 Å². The zero-order valence-electron chi connectivity index (χ0n) is 6.29. The molecule has 1 unspecified atom stereocenters. The normalized spacial score (nSPS) is 28.2. The van der Waals surface area contributed by atoms with Crippen LogP contribution in [-0.4, -0.2) is 23.3 Å². The maximum atomic E-state index is 5.81. The van der Waals surface area contributed by atoms with E-state index in [1.807, 2.05) is 18.4 Å². The smallest absolute Gasteiger partial charge is 0.127 e. The summed E-state index contributed by atoms with van der Waals surface area (Å²) in [5.41, 5.74) is 0. The summed E-state index contributed by atoms with van der Waals surface area (Å²) in [4.78, 5) is 6.47. The topological polar surface area (TPSA) is 15.6 Å². The Balaban J connectivity index is 2.29. The van der Waals surface area contributed by atoms with Crippen LogP contribution < -0.4 is 0 Å². The lowest BCUT2D eigenvalue weighted by atomic mass is 10.3. The lowest BCUT2D eigenvalue weighted by Crippen LogP contribution is -2.23. The Morgan fingerprint density at radius 1 is 1.64 bits per heavy atom. The van der Waals surface area contributed by atoms with E-state index >= 15 is 0 Å². The molecule has 0 aromatic rings. The second-order valence-corrected chi connectivity index (χ2v) is 3.27. The van der Waals surface area contributed by atoms with Gasteiger partial charge in [0.15, 0.2) is 0 Å². The summed E-state index contributed by atoms with van der Waals surface area (Å²) in [5, 5.41) is 0.776. The summed E-state index contributed by atoms with van der Waals surface area (Å²) < 4.78 is 0. The monoisotopic (exact) mass is 168 g/mol. The molecule has 1 atom stereocenters. The Bertz CT molecular complexity index is 265. The van der Waals surface area contributed by atoms with Crippen LogP contribution in [0.1, 0.15) is 6.92 Å². The molecule has 2 rings (SSSR count). The number of amidine groups is 1. The van der Waals surface area contributed by atoms with Gasteiger partial charge in [-0.15, -0.1) is 0 Å². The Labute approximate surface area is 70.9 Å². The highest BCUT2D eigenvalue weighted by atomic mass is 35.5. The molecule has 0 saturated heterocycles. The van der Waals surface area contributed by atoms with E-state index in [4.69, 9.17) is 11.6 Å². The maximum absolute atomic E-state index is 5.81. The molecule has 2 nitrogen and oxygen atoms in total. The molecule has 2 aliphatic heterocycles. The number of fused-ring (bicyclic) bond motifs is 1.